The van der Waals surface area contributed by atoms with E-state index in [0.717, 1.165) is 68.2 Å². The monoisotopic (exact) mass is 437 g/mol. The van der Waals surface area contributed by atoms with Gasteiger partial charge in [-0.3, -0.25) is 4.98 Å². The smallest absolute Gasteiger partial charge is 0.343 e. The molecule has 0 spiro atoms. The highest BCUT2D eigenvalue weighted by Crippen LogP contribution is 2.40. The van der Waals surface area contributed by atoms with Crippen molar-refractivity contribution in [3.8, 4) is 0 Å². The van der Waals surface area contributed by atoms with Crippen molar-refractivity contribution in [2.75, 3.05) is 26.7 Å². The Morgan fingerprint density at radius 2 is 1.81 bits per heavy atom. The molecule has 3 atom stereocenters. The summed E-state index contributed by atoms with van der Waals surface area (Å²) < 4.78 is 6.81. The summed E-state index contributed by atoms with van der Waals surface area (Å²) in [6.45, 7) is 2.42. The van der Waals surface area contributed by atoms with Gasteiger partial charge < -0.3 is 14.3 Å². The number of quaternary nitrogens is 1. The number of ether oxygens (including phenoxy) is 1. The van der Waals surface area contributed by atoms with Crippen LogP contribution < -0.4 is 0 Å². The van der Waals surface area contributed by atoms with Crippen LogP contribution in [0.4, 0.5) is 0 Å². The Kier molecular flexibility index (Phi) is 7.27. The van der Waals surface area contributed by atoms with Crippen LogP contribution in [0.25, 0.3) is 0 Å². The zero-order valence-corrected chi connectivity index (χ0v) is 19.3. The van der Waals surface area contributed by atoms with Crippen LogP contribution in [-0.2, 0) is 21.6 Å². The number of hydrogen-bond acceptors (Lipinski definition) is 4. The Hall–Kier alpha value is -2.24. The van der Waals surface area contributed by atoms with E-state index < -0.39 is 11.6 Å². The molecule has 1 saturated carbocycles. The molecule has 172 valence electrons. The average molecular weight is 438 g/mol. The first-order chi connectivity index (χ1) is 15.5. The van der Waals surface area contributed by atoms with E-state index in [9.17, 15) is 9.90 Å². The van der Waals surface area contributed by atoms with Gasteiger partial charge in [0.25, 0.3) is 0 Å². The fourth-order valence-electron chi connectivity index (χ4n) is 5.67. The van der Waals surface area contributed by atoms with Crippen LogP contribution >= 0.6 is 0 Å². The van der Waals surface area contributed by atoms with Crippen LogP contribution in [-0.4, -0.2) is 53.3 Å². The number of likely N-dealkylation sites (tertiary alicyclic amines) is 1. The van der Waals surface area contributed by atoms with Gasteiger partial charge in [0.2, 0.25) is 0 Å². The van der Waals surface area contributed by atoms with E-state index in [0.29, 0.717) is 12.2 Å². The quantitative estimate of drug-likeness (QED) is 0.496. The van der Waals surface area contributed by atoms with Crippen molar-refractivity contribution >= 4 is 5.97 Å². The van der Waals surface area contributed by atoms with Gasteiger partial charge in [0.05, 0.1) is 20.1 Å². The van der Waals surface area contributed by atoms with E-state index in [1.54, 1.807) is 0 Å². The van der Waals surface area contributed by atoms with Gasteiger partial charge in [0, 0.05) is 37.1 Å². The molecule has 0 radical (unpaired) electrons. The second-order valence-electron chi connectivity index (χ2n) is 9.86. The number of aromatic nitrogens is 1. The Morgan fingerprint density at radius 1 is 1.06 bits per heavy atom. The van der Waals surface area contributed by atoms with Gasteiger partial charge in [-0.1, -0.05) is 55.7 Å². The van der Waals surface area contributed by atoms with Crippen molar-refractivity contribution in [1.82, 2.24) is 4.98 Å². The molecule has 2 fully saturated rings. The zero-order valence-electron chi connectivity index (χ0n) is 19.3. The minimum Gasteiger partial charge on any atom is -0.457 e. The third kappa shape index (κ3) is 4.89. The second-order valence-corrected chi connectivity index (χ2v) is 9.86. The fourth-order valence-corrected chi connectivity index (χ4v) is 5.67. The Morgan fingerprint density at radius 3 is 2.53 bits per heavy atom. The number of aliphatic hydroxyl groups is 1. The molecule has 1 saturated heterocycles. The SMILES string of the molecule is C[N+]1(CCc2ccccn2)CCC[C@@H]1COC(=O)C(O)(c1ccccc1)C1CCCCC1. The van der Waals surface area contributed by atoms with E-state index in [-0.39, 0.29) is 12.0 Å². The van der Waals surface area contributed by atoms with Crippen molar-refractivity contribution in [1.29, 1.82) is 0 Å². The average Bonchev–Trinajstić information content (AvgIpc) is 3.23. The maximum absolute atomic E-state index is 13.4. The summed E-state index contributed by atoms with van der Waals surface area (Å²) in [5.41, 5.74) is 0.207. The summed E-state index contributed by atoms with van der Waals surface area (Å²) in [5.74, 6) is -0.557. The summed E-state index contributed by atoms with van der Waals surface area (Å²) in [6.07, 6.45) is 9.93. The number of pyridine rings is 1. The molecule has 2 unspecified atom stereocenters. The number of carbonyl (C=O) groups is 1. The third-order valence-corrected chi connectivity index (χ3v) is 7.82. The predicted molar refractivity (Wildman–Crippen MR) is 125 cm³/mol. The maximum Gasteiger partial charge on any atom is 0.343 e. The van der Waals surface area contributed by atoms with E-state index in [1.807, 2.05) is 48.7 Å². The highest BCUT2D eigenvalue weighted by Gasteiger charge is 2.48. The molecule has 5 nitrogen and oxygen atoms in total. The summed E-state index contributed by atoms with van der Waals surface area (Å²) in [7, 11) is 2.26. The van der Waals surface area contributed by atoms with Crippen LogP contribution in [0, 0.1) is 5.92 Å². The summed E-state index contributed by atoms with van der Waals surface area (Å²) in [6, 6.07) is 15.7. The van der Waals surface area contributed by atoms with Crippen molar-refractivity contribution in [3.63, 3.8) is 0 Å². The molecular weight excluding hydrogens is 400 g/mol. The molecule has 0 bridgehead atoms. The van der Waals surface area contributed by atoms with Gasteiger partial charge >= 0.3 is 5.97 Å². The standard InChI is InChI=1S/C27H37N2O3/c1-29(20-17-24-15-8-9-18-28-24)19-10-16-25(29)21-32-26(30)27(31,22-11-4-2-5-12-22)23-13-6-3-7-14-23/h2,4-5,8-9,11-12,15,18,23,25,31H,3,6-7,10,13-14,16-17,19-21H2,1H3/q+1/t25-,27?,29?/m1/s1. The van der Waals surface area contributed by atoms with Crippen LogP contribution in [0.5, 0.6) is 0 Å². The van der Waals surface area contributed by atoms with Gasteiger partial charge in [-0.2, -0.15) is 0 Å². The van der Waals surface area contributed by atoms with Crippen molar-refractivity contribution in [2.24, 2.45) is 5.92 Å². The molecule has 1 aromatic carbocycles. The number of rotatable bonds is 8. The molecule has 2 aliphatic rings. The second kappa shape index (κ2) is 10.1. The first-order valence-electron chi connectivity index (χ1n) is 12.2. The first-order valence-corrected chi connectivity index (χ1v) is 12.2. The van der Waals surface area contributed by atoms with E-state index in [1.165, 1.54) is 6.42 Å². The van der Waals surface area contributed by atoms with Gasteiger partial charge in [-0.25, -0.2) is 4.79 Å². The number of benzene rings is 1. The normalized spacial score (nSPS) is 25.9. The third-order valence-electron chi connectivity index (χ3n) is 7.82. The Labute approximate surface area is 192 Å². The lowest BCUT2D eigenvalue weighted by atomic mass is 9.73. The highest BCUT2D eigenvalue weighted by atomic mass is 16.6. The first kappa shape index (κ1) is 22.9. The minimum atomic E-state index is -1.56. The van der Waals surface area contributed by atoms with E-state index in [4.69, 9.17) is 4.74 Å². The molecule has 1 N–H and O–H groups in total. The van der Waals surface area contributed by atoms with Crippen LogP contribution in [0.15, 0.2) is 54.7 Å². The van der Waals surface area contributed by atoms with Gasteiger partial charge in [0.15, 0.2) is 5.60 Å². The minimum absolute atomic E-state index is 0.0836. The Bertz CT molecular complexity index is 869. The van der Waals surface area contributed by atoms with Gasteiger partial charge in [0.1, 0.15) is 12.6 Å². The zero-order chi connectivity index (χ0) is 22.4. The molecule has 1 aliphatic heterocycles. The van der Waals surface area contributed by atoms with Crippen LogP contribution in [0.3, 0.4) is 0 Å². The molecule has 1 aliphatic carbocycles. The number of carbonyl (C=O) groups excluding carboxylic acids is 1. The summed E-state index contributed by atoms with van der Waals surface area (Å²) in [5, 5.41) is 11.7. The lowest BCUT2D eigenvalue weighted by Gasteiger charge is -2.39. The van der Waals surface area contributed by atoms with E-state index >= 15 is 0 Å². The molecule has 2 heterocycles. The summed E-state index contributed by atoms with van der Waals surface area (Å²) in [4.78, 5) is 17.9. The molecule has 2 aromatic rings. The lowest BCUT2D eigenvalue weighted by molar-refractivity contribution is -0.921. The highest BCUT2D eigenvalue weighted by molar-refractivity contribution is 5.81. The van der Waals surface area contributed by atoms with Crippen LogP contribution in [0.2, 0.25) is 0 Å². The van der Waals surface area contributed by atoms with Gasteiger partial charge in [-0.05, 0) is 30.5 Å². The van der Waals surface area contributed by atoms with Crippen molar-refractivity contribution in [2.45, 2.75) is 63.0 Å². The number of hydrogen-bond donors (Lipinski definition) is 1. The molecule has 0 amide bonds. The molecule has 5 heteroatoms. The number of esters is 1. The fraction of sp³-hybridized carbons (Fsp3) is 0.556. The number of likely N-dealkylation sites (N-methyl/N-ethyl adjacent to an activating group) is 1. The molecule has 1 aromatic heterocycles. The van der Waals surface area contributed by atoms with Gasteiger partial charge in [-0.15, -0.1) is 0 Å². The summed E-state index contributed by atoms with van der Waals surface area (Å²) >= 11 is 0. The predicted octanol–water partition coefficient (Wildman–Crippen LogP) is 4.24. The molecule has 4 rings (SSSR count). The maximum atomic E-state index is 13.4. The molecular formula is C27H37N2O3+. The number of nitrogens with zero attached hydrogens (tertiary/aromatic N) is 2. The van der Waals surface area contributed by atoms with Crippen LogP contribution in [0.1, 0.15) is 56.2 Å². The van der Waals surface area contributed by atoms with Crippen molar-refractivity contribution < 1.29 is 19.1 Å². The largest absolute Gasteiger partial charge is 0.457 e. The Balaban J connectivity index is 1.44. The topological polar surface area (TPSA) is 59.4 Å². The van der Waals surface area contributed by atoms with Crippen molar-refractivity contribution in [3.05, 3.63) is 66.0 Å². The molecule has 32 heavy (non-hydrogen) atoms. The lowest BCUT2D eigenvalue weighted by Crippen LogP contribution is -2.52. The van der Waals surface area contributed by atoms with E-state index in [2.05, 4.69) is 18.1 Å².